The van der Waals surface area contributed by atoms with Crippen molar-refractivity contribution in [2.24, 2.45) is 5.92 Å². The highest BCUT2D eigenvalue weighted by atomic mass is 35.5. The summed E-state index contributed by atoms with van der Waals surface area (Å²) in [5, 5.41) is 0.154. The number of halogens is 2. The zero-order valence-corrected chi connectivity index (χ0v) is 15.4. The van der Waals surface area contributed by atoms with Gasteiger partial charge in [0, 0.05) is 5.92 Å². The van der Waals surface area contributed by atoms with Gasteiger partial charge >= 0.3 is 0 Å². The van der Waals surface area contributed by atoms with Gasteiger partial charge in [0.2, 0.25) is 5.95 Å². The number of aromatic nitrogens is 4. The molecule has 0 saturated carbocycles. The van der Waals surface area contributed by atoms with Crippen molar-refractivity contribution in [2.45, 2.75) is 39.5 Å². The number of fused-ring (bicyclic) bond motifs is 1. The van der Waals surface area contributed by atoms with E-state index in [0.717, 1.165) is 5.56 Å². The van der Waals surface area contributed by atoms with E-state index in [-0.39, 0.29) is 25.1 Å². The first-order valence-corrected chi connectivity index (χ1v) is 8.99. The Morgan fingerprint density at radius 2 is 2.04 bits per heavy atom. The van der Waals surface area contributed by atoms with Gasteiger partial charge in [-0.1, -0.05) is 56.3 Å². The zero-order valence-electron chi connectivity index (χ0n) is 14.6. The summed E-state index contributed by atoms with van der Waals surface area (Å²) in [6, 6.07) is 9.72. The van der Waals surface area contributed by atoms with Crippen molar-refractivity contribution in [1.29, 1.82) is 0 Å². The predicted octanol–water partition coefficient (Wildman–Crippen LogP) is 3.79. The fourth-order valence-corrected chi connectivity index (χ4v) is 3.50. The minimum atomic E-state index is -1.18. The highest BCUT2D eigenvalue weighted by Crippen LogP contribution is 2.38. The van der Waals surface area contributed by atoms with E-state index in [1.54, 1.807) is 11.5 Å². The molecule has 0 spiro atoms. The number of nitrogens with zero attached hydrogens (tertiary/aromatic N) is 4. The first-order chi connectivity index (χ1) is 13.0. The molecule has 4 atom stereocenters. The zero-order chi connectivity index (χ0) is 19.0. The van der Waals surface area contributed by atoms with Gasteiger partial charge in [0.05, 0.1) is 19.5 Å². The lowest BCUT2D eigenvalue weighted by Crippen LogP contribution is -2.25. The number of anilines is 1. The lowest BCUT2D eigenvalue weighted by atomic mass is 10.0. The van der Waals surface area contributed by atoms with E-state index in [1.807, 2.05) is 30.3 Å². The molecule has 4 rings (SSSR count). The van der Waals surface area contributed by atoms with Gasteiger partial charge < -0.3 is 15.2 Å². The highest BCUT2D eigenvalue weighted by Gasteiger charge is 2.44. The number of hydrogen-bond acceptors (Lipinski definition) is 6. The second-order valence-corrected chi connectivity index (χ2v) is 6.92. The van der Waals surface area contributed by atoms with Crippen LogP contribution in [0.2, 0.25) is 5.15 Å². The molecule has 2 N–H and O–H groups in total. The number of benzene rings is 1. The number of alkyl halides is 1. The molecule has 150 valence electrons. The molecule has 1 aliphatic rings. The first kappa shape index (κ1) is 20.4. The maximum absolute atomic E-state index is 14.8. The SMILES string of the molecule is C.CC1C(F)C(COCc2ccccc2)OC1n1cnc2c(Cl)nc(N)nc21. The summed E-state index contributed by atoms with van der Waals surface area (Å²) in [6.07, 6.45) is -0.925. The van der Waals surface area contributed by atoms with E-state index in [0.29, 0.717) is 17.8 Å². The van der Waals surface area contributed by atoms with E-state index in [2.05, 4.69) is 15.0 Å². The van der Waals surface area contributed by atoms with E-state index in [1.165, 1.54) is 6.33 Å². The minimum absolute atomic E-state index is 0. The van der Waals surface area contributed by atoms with Crippen molar-refractivity contribution in [2.75, 3.05) is 12.3 Å². The third kappa shape index (κ3) is 3.80. The lowest BCUT2D eigenvalue weighted by Gasteiger charge is -2.17. The van der Waals surface area contributed by atoms with Crippen molar-refractivity contribution in [3.63, 3.8) is 0 Å². The number of hydrogen-bond donors (Lipinski definition) is 1. The van der Waals surface area contributed by atoms with Crippen LogP contribution in [-0.4, -0.2) is 38.4 Å². The summed E-state index contributed by atoms with van der Waals surface area (Å²) in [6.45, 7) is 2.34. The molecule has 2 aromatic heterocycles. The molecule has 1 fully saturated rings. The quantitative estimate of drug-likeness (QED) is 0.647. The van der Waals surface area contributed by atoms with Gasteiger partial charge in [-0.2, -0.15) is 9.97 Å². The van der Waals surface area contributed by atoms with Crippen molar-refractivity contribution in [3.05, 3.63) is 47.4 Å². The van der Waals surface area contributed by atoms with E-state index in [9.17, 15) is 4.39 Å². The largest absolute Gasteiger partial charge is 0.374 e. The third-order valence-corrected chi connectivity index (χ3v) is 4.95. The number of nitrogen functional groups attached to an aromatic ring is 1. The maximum Gasteiger partial charge on any atom is 0.223 e. The minimum Gasteiger partial charge on any atom is -0.374 e. The van der Waals surface area contributed by atoms with Crippen molar-refractivity contribution < 1.29 is 13.9 Å². The molecule has 3 aromatic rings. The lowest BCUT2D eigenvalue weighted by molar-refractivity contribution is -0.0574. The molecule has 1 aliphatic heterocycles. The first-order valence-electron chi connectivity index (χ1n) is 8.61. The summed E-state index contributed by atoms with van der Waals surface area (Å²) >= 11 is 6.06. The summed E-state index contributed by atoms with van der Waals surface area (Å²) in [4.78, 5) is 12.3. The van der Waals surface area contributed by atoms with Crippen LogP contribution in [0.15, 0.2) is 36.7 Å². The number of rotatable bonds is 5. The summed E-state index contributed by atoms with van der Waals surface area (Å²) in [7, 11) is 0. The van der Waals surface area contributed by atoms with Gasteiger partial charge in [0.25, 0.3) is 0 Å². The van der Waals surface area contributed by atoms with Crippen molar-refractivity contribution >= 4 is 28.7 Å². The fourth-order valence-electron chi connectivity index (χ4n) is 3.28. The van der Waals surface area contributed by atoms with Crippen LogP contribution in [0.25, 0.3) is 11.2 Å². The van der Waals surface area contributed by atoms with Crippen LogP contribution in [-0.2, 0) is 16.1 Å². The van der Waals surface area contributed by atoms with Crippen LogP contribution in [0.3, 0.4) is 0 Å². The average Bonchev–Trinajstić information content (AvgIpc) is 3.19. The van der Waals surface area contributed by atoms with Crippen LogP contribution < -0.4 is 5.73 Å². The van der Waals surface area contributed by atoms with E-state index < -0.39 is 24.4 Å². The smallest absolute Gasteiger partial charge is 0.223 e. The Hall–Kier alpha value is -2.29. The van der Waals surface area contributed by atoms with Crippen LogP contribution in [0.1, 0.15) is 26.1 Å². The molecule has 0 bridgehead atoms. The fraction of sp³-hybridized carbons (Fsp3) is 0.421. The number of imidazole rings is 1. The summed E-state index contributed by atoms with van der Waals surface area (Å²) in [5.74, 6) is -0.387. The second kappa shape index (κ2) is 8.38. The summed E-state index contributed by atoms with van der Waals surface area (Å²) < 4.78 is 28.0. The number of nitrogens with two attached hydrogens (primary N) is 1. The number of ether oxygens (including phenoxy) is 2. The molecule has 3 heterocycles. The van der Waals surface area contributed by atoms with Gasteiger partial charge in [-0.25, -0.2) is 9.37 Å². The molecule has 0 amide bonds. The Bertz CT molecular complexity index is 939. The van der Waals surface area contributed by atoms with Gasteiger partial charge in [-0.05, 0) is 5.56 Å². The Labute approximate surface area is 167 Å². The molecule has 4 unspecified atom stereocenters. The van der Waals surface area contributed by atoms with Crippen molar-refractivity contribution in [3.8, 4) is 0 Å². The molecule has 0 radical (unpaired) electrons. The van der Waals surface area contributed by atoms with Gasteiger partial charge in [-0.15, -0.1) is 0 Å². The van der Waals surface area contributed by atoms with E-state index in [4.69, 9.17) is 26.8 Å². The van der Waals surface area contributed by atoms with E-state index >= 15 is 0 Å². The normalized spacial score (nSPS) is 24.4. The standard InChI is InChI=1S/C18H19ClFN5O2.CH4/c1-10-13(20)12(8-26-7-11-5-3-2-4-6-11)27-17(10)25-9-22-14-15(19)23-18(21)24-16(14)25;/h2-6,9-10,12-13,17H,7-8H2,1H3,(H2,21,23,24);1H4. The highest BCUT2D eigenvalue weighted by molar-refractivity contribution is 6.33. The molecule has 1 aromatic carbocycles. The Balaban J connectivity index is 0.00000225. The van der Waals surface area contributed by atoms with Crippen LogP contribution in [0.5, 0.6) is 0 Å². The molecular weight excluding hydrogens is 385 g/mol. The Morgan fingerprint density at radius 1 is 1.29 bits per heavy atom. The molecule has 9 heteroatoms. The second-order valence-electron chi connectivity index (χ2n) is 6.57. The van der Waals surface area contributed by atoms with Crippen molar-refractivity contribution in [1.82, 2.24) is 19.5 Å². The van der Waals surface area contributed by atoms with Crippen LogP contribution in [0, 0.1) is 5.92 Å². The maximum atomic E-state index is 14.8. The summed E-state index contributed by atoms with van der Waals surface area (Å²) in [5.41, 5.74) is 7.53. The molecule has 0 aliphatic carbocycles. The molecule has 1 saturated heterocycles. The van der Waals surface area contributed by atoms with Gasteiger partial charge in [-0.3, -0.25) is 4.57 Å². The molecule has 28 heavy (non-hydrogen) atoms. The van der Waals surface area contributed by atoms with Gasteiger partial charge in [0.15, 0.2) is 10.8 Å². The molecule has 7 nitrogen and oxygen atoms in total. The Kier molecular flexibility index (Phi) is 6.12. The van der Waals surface area contributed by atoms with Crippen LogP contribution >= 0.6 is 11.6 Å². The van der Waals surface area contributed by atoms with Crippen LogP contribution in [0.4, 0.5) is 10.3 Å². The van der Waals surface area contributed by atoms with Gasteiger partial charge in [0.1, 0.15) is 24.0 Å². The average molecular weight is 408 g/mol. The monoisotopic (exact) mass is 407 g/mol. The third-order valence-electron chi connectivity index (χ3n) is 4.69. The predicted molar refractivity (Wildman–Crippen MR) is 106 cm³/mol. The topological polar surface area (TPSA) is 88.1 Å². The Morgan fingerprint density at radius 3 is 2.79 bits per heavy atom. The molecular formula is C19H23ClFN5O2.